The van der Waals surface area contributed by atoms with Crippen molar-refractivity contribution in [1.82, 2.24) is 14.1 Å². The molecule has 1 N–H and O–H groups in total. The van der Waals surface area contributed by atoms with Gasteiger partial charge in [-0.25, -0.2) is 18.6 Å². The van der Waals surface area contributed by atoms with Crippen LogP contribution in [0.1, 0.15) is 12.5 Å². The Balaban J connectivity index is 1.96. The van der Waals surface area contributed by atoms with Gasteiger partial charge in [0.1, 0.15) is 17.3 Å². The smallest absolute Gasteiger partial charge is 0.323 e. The first-order valence-electron chi connectivity index (χ1n) is 8.69. The molecule has 0 aliphatic heterocycles. The molecule has 0 atom stereocenters. The highest BCUT2D eigenvalue weighted by Crippen LogP contribution is 2.28. The van der Waals surface area contributed by atoms with E-state index in [9.17, 15) is 23.2 Å². The molecule has 1 aromatic carbocycles. The van der Waals surface area contributed by atoms with Crippen molar-refractivity contribution in [3.05, 3.63) is 62.4 Å². The summed E-state index contributed by atoms with van der Waals surface area (Å²) < 4.78 is 29.0. The number of carbonyl (C=O) groups is 1. The van der Waals surface area contributed by atoms with Gasteiger partial charge in [-0.2, -0.15) is 0 Å². The van der Waals surface area contributed by atoms with E-state index in [1.807, 2.05) is 6.92 Å². The summed E-state index contributed by atoms with van der Waals surface area (Å²) in [6.45, 7) is 1.88. The minimum atomic E-state index is -0.879. The fraction of sp³-hybridized carbons (Fsp3) is 0.263. The second-order valence-corrected chi connectivity index (χ2v) is 7.32. The second-order valence-electron chi connectivity index (χ2n) is 6.33. The first-order valence-corrected chi connectivity index (χ1v) is 9.68. The van der Waals surface area contributed by atoms with E-state index in [2.05, 4.69) is 10.3 Å². The van der Waals surface area contributed by atoms with Crippen LogP contribution in [0.25, 0.3) is 11.0 Å². The van der Waals surface area contributed by atoms with Crippen molar-refractivity contribution in [3.63, 3.8) is 0 Å². The highest BCUT2D eigenvalue weighted by molar-refractivity contribution is 8.00. The molecule has 29 heavy (non-hydrogen) atoms. The van der Waals surface area contributed by atoms with Gasteiger partial charge in [0.15, 0.2) is 0 Å². The molecule has 3 aromatic rings. The Morgan fingerprint density at radius 3 is 2.59 bits per heavy atom. The highest BCUT2D eigenvalue weighted by atomic mass is 32.2. The lowest BCUT2D eigenvalue weighted by Crippen LogP contribution is -2.37. The molecule has 7 nitrogen and oxygen atoms in total. The van der Waals surface area contributed by atoms with E-state index in [0.29, 0.717) is 17.4 Å². The maximum absolute atomic E-state index is 13.7. The highest BCUT2D eigenvalue weighted by Gasteiger charge is 2.18. The summed E-state index contributed by atoms with van der Waals surface area (Å²) in [7, 11) is 2.89. The number of hydrogen-bond donors (Lipinski definition) is 1. The molecular weight excluding hydrogens is 402 g/mol. The van der Waals surface area contributed by atoms with Crippen LogP contribution in [0.4, 0.5) is 14.5 Å². The molecule has 152 valence electrons. The van der Waals surface area contributed by atoms with Crippen molar-refractivity contribution in [2.75, 3.05) is 11.1 Å². The molecule has 1 amide bonds. The molecule has 0 saturated carbocycles. The van der Waals surface area contributed by atoms with Crippen LogP contribution < -0.4 is 16.6 Å². The van der Waals surface area contributed by atoms with E-state index in [-0.39, 0.29) is 22.5 Å². The number of benzene rings is 1. The molecule has 0 saturated heterocycles. The predicted molar refractivity (Wildman–Crippen MR) is 107 cm³/mol. The quantitative estimate of drug-likeness (QED) is 0.640. The molecular formula is C19H18F2N4O3S. The first kappa shape index (κ1) is 20.7. The van der Waals surface area contributed by atoms with E-state index in [0.717, 1.165) is 34.0 Å². The third-order valence-corrected chi connectivity index (χ3v) is 5.59. The molecule has 0 unspecified atom stereocenters. The number of nitrogens with one attached hydrogen (secondary N) is 1. The minimum Gasteiger partial charge on any atom is -0.323 e. The number of pyridine rings is 1. The molecule has 10 heteroatoms. The average Bonchev–Trinajstić information content (AvgIpc) is 2.70. The van der Waals surface area contributed by atoms with Crippen molar-refractivity contribution < 1.29 is 13.6 Å². The lowest BCUT2D eigenvalue weighted by Gasteiger charge is -2.13. The van der Waals surface area contributed by atoms with E-state index in [1.54, 1.807) is 6.20 Å². The lowest BCUT2D eigenvalue weighted by molar-refractivity contribution is -0.113. The summed E-state index contributed by atoms with van der Waals surface area (Å²) in [5, 5.41) is 2.63. The van der Waals surface area contributed by atoms with Crippen LogP contribution in [0.3, 0.4) is 0 Å². The van der Waals surface area contributed by atoms with Crippen LogP contribution in [0.15, 0.2) is 38.9 Å². The van der Waals surface area contributed by atoms with Gasteiger partial charge in [0.2, 0.25) is 5.91 Å². The van der Waals surface area contributed by atoms with Crippen molar-refractivity contribution in [2.24, 2.45) is 14.1 Å². The van der Waals surface area contributed by atoms with Crippen molar-refractivity contribution in [1.29, 1.82) is 0 Å². The third kappa shape index (κ3) is 3.93. The second kappa shape index (κ2) is 8.16. The van der Waals surface area contributed by atoms with Gasteiger partial charge in [0.25, 0.3) is 5.56 Å². The number of anilines is 1. The van der Waals surface area contributed by atoms with E-state index in [1.165, 1.54) is 18.7 Å². The third-order valence-electron chi connectivity index (χ3n) is 4.43. The monoisotopic (exact) mass is 420 g/mol. The summed E-state index contributed by atoms with van der Waals surface area (Å²) in [4.78, 5) is 41.9. The van der Waals surface area contributed by atoms with Crippen LogP contribution >= 0.6 is 11.8 Å². The Labute approximate surface area is 168 Å². The van der Waals surface area contributed by atoms with Gasteiger partial charge < -0.3 is 5.32 Å². The normalized spacial score (nSPS) is 11.1. The van der Waals surface area contributed by atoms with Gasteiger partial charge in [0, 0.05) is 31.3 Å². The van der Waals surface area contributed by atoms with Crippen LogP contribution in [0.5, 0.6) is 0 Å². The molecule has 0 aliphatic carbocycles. The molecule has 0 spiro atoms. The van der Waals surface area contributed by atoms with Gasteiger partial charge in [0.05, 0.1) is 16.8 Å². The fourth-order valence-electron chi connectivity index (χ4n) is 2.87. The minimum absolute atomic E-state index is 0.116. The zero-order chi connectivity index (χ0) is 21.3. The Hall–Kier alpha value is -3.01. The Morgan fingerprint density at radius 1 is 1.21 bits per heavy atom. The van der Waals surface area contributed by atoms with Crippen LogP contribution in [0, 0.1) is 11.6 Å². The maximum atomic E-state index is 13.7. The summed E-state index contributed by atoms with van der Waals surface area (Å²) >= 11 is 1.10. The standard InChI is InChI=1S/C19H18F2N4O3S/c1-4-10-8-22-17-15(18(27)25(3)19(28)24(17)2)16(10)29-9-14(26)23-13-6-5-11(20)7-12(13)21/h5-8H,4,9H2,1-3H3,(H,23,26). The Kier molecular flexibility index (Phi) is 5.83. The molecule has 2 heterocycles. The Bertz CT molecular complexity index is 1240. The van der Waals surface area contributed by atoms with Crippen LogP contribution in [-0.2, 0) is 25.3 Å². The summed E-state index contributed by atoms with van der Waals surface area (Å²) in [5.74, 6) is -2.26. The average molecular weight is 420 g/mol. The number of hydrogen-bond acceptors (Lipinski definition) is 5. The fourth-order valence-corrected chi connectivity index (χ4v) is 3.93. The molecule has 0 fully saturated rings. The van der Waals surface area contributed by atoms with Gasteiger partial charge in [-0.05, 0) is 24.1 Å². The maximum Gasteiger partial charge on any atom is 0.332 e. The van der Waals surface area contributed by atoms with Crippen molar-refractivity contribution >= 4 is 34.4 Å². The molecule has 2 aromatic heterocycles. The van der Waals surface area contributed by atoms with E-state index >= 15 is 0 Å². The summed E-state index contributed by atoms with van der Waals surface area (Å²) in [5.41, 5.74) is -0.162. The number of thioether (sulfide) groups is 1. The van der Waals surface area contributed by atoms with Crippen LogP contribution in [0.2, 0.25) is 0 Å². The summed E-state index contributed by atoms with van der Waals surface area (Å²) in [6.07, 6.45) is 2.13. The number of fused-ring (bicyclic) bond motifs is 1. The largest absolute Gasteiger partial charge is 0.332 e. The number of halogens is 2. The number of nitrogens with zero attached hydrogens (tertiary/aromatic N) is 3. The summed E-state index contributed by atoms with van der Waals surface area (Å²) in [6, 6.07) is 2.86. The van der Waals surface area contributed by atoms with Gasteiger partial charge in [-0.3, -0.25) is 18.7 Å². The number of amides is 1. The van der Waals surface area contributed by atoms with Crippen LogP contribution in [-0.4, -0.2) is 25.8 Å². The zero-order valence-corrected chi connectivity index (χ0v) is 16.8. The number of rotatable bonds is 5. The number of carbonyl (C=O) groups excluding carboxylic acids is 1. The number of aryl methyl sites for hydroxylation is 2. The zero-order valence-electron chi connectivity index (χ0n) is 16.0. The van der Waals surface area contributed by atoms with Gasteiger partial charge in [-0.1, -0.05) is 6.92 Å². The topological polar surface area (TPSA) is 86.0 Å². The van der Waals surface area contributed by atoms with Gasteiger partial charge in [-0.15, -0.1) is 11.8 Å². The molecule has 0 aliphatic rings. The lowest BCUT2D eigenvalue weighted by atomic mass is 10.2. The van der Waals surface area contributed by atoms with Gasteiger partial charge >= 0.3 is 5.69 Å². The SMILES string of the molecule is CCc1cnc2c(c1SCC(=O)Nc1ccc(F)cc1F)c(=O)n(C)c(=O)n2C. The number of aromatic nitrogens is 3. The molecule has 0 radical (unpaired) electrons. The Morgan fingerprint density at radius 2 is 1.93 bits per heavy atom. The van der Waals surface area contributed by atoms with Crippen molar-refractivity contribution in [3.8, 4) is 0 Å². The van der Waals surface area contributed by atoms with E-state index in [4.69, 9.17) is 0 Å². The molecule has 0 bridgehead atoms. The van der Waals surface area contributed by atoms with E-state index < -0.39 is 28.8 Å². The predicted octanol–water partition coefficient (Wildman–Crippen LogP) is 2.20. The van der Waals surface area contributed by atoms with Crippen molar-refractivity contribution in [2.45, 2.75) is 18.2 Å². The first-order chi connectivity index (χ1) is 13.7. The molecule has 3 rings (SSSR count).